The lowest BCUT2D eigenvalue weighted by Crippen LogP contribution is -1.87. The Hall–Kier alpha value is -1.82. The molecule has 0 unspecified atom stereocenters. The summed E-state index contributed by atoms with van der Waals surface area (Å²) >= 11 is 0. The van der Waals surface area contributed by atoms with Crippen molar-refractivity contribution in [3.8, 4) is 0 Å². The molecule has 0 N–H and O–H groups in total. The Morgan fingerprint density at radius 3 is 1.68 bits per heavy atom. The summed E-state index contributed by atoms with van der Waals surface area (Å²) in [6.45, 7) is 21.6. The molecule has 0 saturated heterocycles. The average Bonchev–Trinajstić information content (AvgIpc) is 2.47. The van der Waals surface area contributed by atoms with Crippen molar-refractivity contribution in [2.24, 2.45) is 0 Å². The molecule has 0 amide bonds. The highest BCUT2D eigenvalue weighted by Crippen LogP contribution is 2.18. The largest absolute Gasteiger partial charge is 0.100 e. The van der Waals surface area contributed by atoms with E-state index in [-0.39, 0.29) is 0 Å². The van der Waals surface area contributed by atoms with Crippen LogP contribution in [0.5, 0.6) is 0 Å². The van der Waals surface area contributed by atoms with Crippen molar-refractivity contribution in [2.45, 2.75) is 54.4 Å². The van der Waals surface area contributed by atoms with E-state index in [0.29, 0.717) is 5.92 Å². The van der Waals surface area contributed by atoms with Crippen LogP contribution in [0.25, 0.3) is 5.57 Å². The van der Waals surface area contributed by atoms with Crippen LogP contribution < -0.4 is 0 Å². The highest BCUT2D eigenvalue weighted by molar-refractivity contribution is 5.63. The fourth-order valence-electron chi connectivity index (χ4n) is 1.43. The second-order valence-electron chi connectivity index (χ2n) is 5.72. The topological polar surface area (TPSA) is 0 Å². The lowest BCUT2D eigenvalue weighted by Gasteiger charge is -2.06. The van der Waals surface area contributed by atoms with Crippen LogP contribution in [0.1, 0.15) is 65.5 Å². The summed E-state index contributed by atoms with van der Waals surface area (Å²) in [6, 6.07) is 8.83. The molecular formula is C22H34. The van der Waals surface area contributed by atoms with Gasteiger partial charge in [0.25, 0.3) is 0 Å². The van der Waals surface area contributed by atoms with Crippen molar-refractivity contribution in [3.63, 3.8) is 0 Å². The van der Waals surface area contributed by atoms with Gasteiger partial charge in [0.1, 0.15) is 0 Å². The van der Waals surface area contributed by atoms with E-state index in [2.05, 4.69) is 71.2 Å². The van der Waals surface area contributed by atoms with Gasteiger partial charge in [-0.2, -0.15) is 0 Å². The van der Waals surface area contributed by atoms with E-state index < -0.39 is 0 Å². The Balaban J connectivity index is 0. The van der Waals surface area contributed by atoms with Gasteiger partial charge in [-0.05, 0) is 57.2 Å². The first kappa shape index (κ1) is 22.5. The zero-order valence-corrected chi connectivity index (χ0v) is 15.6. The van der Waals surface area contributed by atoms with Gasteiger partial charge in [-0.3, -0.25) is 0 Å². The van der Waals surface area contributed by atoms with Crippen molar-refractivity contribution in [1.82, 2.24) is 0 Å². The molecule has 1 rings (SSSR count). The first-order chi connectivity index (χ1) is 10.3. The van der Waals surface area contributed by atoms with Crippen LogP contribution in [-0.2, 0) is 0 Å². The molecule has 22 heavy (non-hydrogen) atoms. The molecule has 0 aliphatic rings. The quantitative estimate of drug-likeness (QED) is 0.399. The molecule has 0 nitrogen and oxygen atoms in total. The van der Waals surface area contributed by atoms with Gasteiger partial charge in [-0.25, -0.2) is 0 Å². The Morgan fingerprint density at radius 1 is 1.00 bits per heavy atom. The number of benzene rings is 1. The van der Waals surface area contributed by atoms with E-state index in [0.717, 1.165) is 0 Å². The maximum Gasteiger partial charge on any atom is -0.0219 e. The second-order valence-corrected chi connectivity index (χ2v) is 5.72. The molecule has 0 aromatic heterocycles. The van der Waals surface area contributed by atoms with Crippen LogP contribution in [0.2, 0.25) is 0 Å². The van der Waals surface area contributed by atoms with Gasteiger partial charge in [0.15, 0.2) is 0 Å². The van der Waals surface area contributed by atoms with Gasteiger partial charge in [0.2, 0.25) is 0 Å². The van der Waals surface area contributed by atoms with Crippen molar-refractivity contribution < 1.29 is 0 Å². The van der Waals surface area contributed by atoms with E-state index in [1.54, 1.807) is 6.08 Å². The summed E-state index contributed by atoms with van der Waals surface area (Å²) in [4.78, 5) is 0. The summed E-state index contributed by atoms with van der Waals surface area (Å²) in [7, 11) is 0. The molecule has 0 heteroatoms. The molecule has 0 bridgehead atoms. The maximum atomic E-state index is 3.56. The molecule has 0 radical (unpaired) electrons. The van der Waals surface area contributed by atoms with E-state index in [1.165, 1.54) is 22.3 Å². The minimum atomic E-state index is 0.625. The van der Waals surface area contributed by atoms with Crippen LogP contribution >= 0.6 is 0 Å². The van der Waals surface area contributed by atoms with Gasteiger partial charge in [-0.1, -0.05) is 74.6 Å². The van der Waals surface area contributed by atoms with E-state index >= 15 is 0 Å². The SMILES string of the molecule is C/C=C(\C)c1ccc(C(C)C)cc1.C=C(C)C.C=C/C=C\C. The molecule has 0 spiro atoms. The van der Waals surface area contributed by atoms with E-state index in [9.17, 15) is 0 Å². The normalized spacial score (nSPS) is 10.5. The first-order valence-corrected chi connectivity index (χ1v) is 7.89. The summed E-state index contributed by atoms with van der Waals surface area (Å²) in [5.41, 5.74) is 5.25. The highest BCUT2D eigenvalue weighted by atomic mass is 14.0. The molecule has 0 aliphatic heterocycles. The standard InChI is InChI=1S/C13H18.C5H8.C4H8/c1-5-11(4)13-8-6-12(7-9-13)10(2)3;1-3-5-4-2;1-4(2)3/h5-10H,1-4H3;3-5H,1H2,2H3;1H2,2-3H3/b11-5+;5-4-;. The molecule has 0 heterocycles. The lowest BCUT2D eigenvalue weighted by molar-refractivity contribution is 0.866. The van der Waals surface area contributed by atoms with Crippen LogP contribution in [0, 0.1) is 0 Å². The van der Waals surface area contributed by atoms with Gasteiger partial charge >= 0.3 is 0 Å². The molecule has 1 aromatic rings. The number of allylic oxidation sites excluding steroid dienone is 6. The molecule has 122 valence electrons. The van der Waals surface area contributed by atoms with Crippen molar-refractivity contribution in [2.75, 3.05) is 0 Å². The van der Waals surface area contributed by atoms with Crippen LogP contribution in [0.4, 0.5) is 0 Å². The smallest absolute Gasteiger partial charge is 0.0219 e. The minimum Gasteiger partial charge on any atom is -0.100 e. The molecule has 0 aliphatic carbocycles. The molecular weight excluding hydrogens is 264 g/mol. The third-order valence-corrected chi connectivity index (χ3v) is 2.79. The Morgan fingerprint density at radius 2 is 1.45 bits per heavy atom. The number of hydrogen-bond acceptors (Lipinski definition) is 0. The summed E-state index contributed by atoms with van der Waals surface area (Å²) in [5, 5.41) is 0. The second kappa shape index (κ2) is 14.1. The lowest BCUT2D eigenvalue weighted by atomic mass is 9.99. The number of hydrogen-bond donors (Lipinski definition) is 0. The van der Waals surface area contributed by atoms with E-state index in [4.69, 9.17) is 0 Å². The Kier molecular flexibility index (Phi) is 14.4. The molecule has 1 aromatic carbocycles. The van der Waals surface area contributed by atoms with Gasteiger partial charge in [0.05, 0.1) is 0 Å². The zero-order valence-electron chi connectivity index (χ0n) is 15.6. The predicted molar refractivity (Wildman–Crippen MR) is 105 cm³/mol. The highest BCUT2D eigenvalue weighted by Gasteiger charge is 1.98. The predicted octanol–water partition coefficient (Wildman–Crippen LogP) is 7.56. The third-order valence-electron chi connectivity index (χ3n) is 2.79. The first-order valence-electron chi connectivity index (χ1n) is 7.89. The zero-order chi connectivity index (χ0) is 17.5. The molecule has 0 fully saturated rings. The van der Waals surface area contributed by atoms with Crippen LogP contribution in [0.3, 0.4) is 0 Å². The maximum absolute atomic E-state index is 3.56. The third kappa shape index (κ3) is 13.2. The molecule has 0 saturated carbocycles. The van der Waals surface area contributed by atoms with Crippen molar-refractivity contribution in [3.05, 3.63) is 78.4 Å². The Labute approximate surface area is 139 Å². The summed E-state index contributed by atoms with van der Waals surface area (Å²) < 4.78 is 0. The van der Waals surface area contributed by atoms with E-state index in [1.807, 2.05) is 32.9 Å². The Bertz CT molecular complexity index is 463. The molecule has 0 atom stereocenters. The van der Waals surface area contributed by atoms with Gasteiger partial charge in [0, 0.05) is 0 Å². The van der Waals surface area contributed by atoms with Gasteiger partial charge in [-0.15, -0.1) is 6.58 Å². The fourth-order valence-corrected chi connectivity index (χ4v) is 1.43. The van der Waals surface area contributed by atoms with Gasteiger partial charge < -0.3 is 0 Å². The monoisotopic (exact) mass is 298 g/mol. The average molecular weight is 299 g/mol. The summed E-state index contributed by atoms with van der Waals surface area (Å²) in [6.07, 6.45) is 7.72. The summed E-state index contributed by atoms with van der Waals surface area (Å²) in [5.74, 6) is 0.625. The van der Waals surface area contributed by atoms with Crippen molar-refractivity contribution >= 4 is 5.57 Å². The minimum absolute atomic E-state index is 0.625. The van der Waals surface area contributed by atoms with Crippen molar-refractivity contribution in [1.29, 1.82) is 0 Å². The fraction of sp³-hybridized carbons (Fsp3) is 0.364. The number of rotatable bonds is 3. The van der Waals surface area contributed by atoms with Crippen LogP contribution in [0.15, 0.2) is 67.3 Å². The van der Waals surface area contributed by atoms with Crippen LogP contribution in [-0.4, -0.2) is 0 Å².